The van der Waals surface area contributed by atoms with Gasteiger partial charge in [-0.15, -0.1) is 0 Å². The van der Waals surface area contributed by atoms with Gasteiger partial charge in [-0.1, -0.05) is 151 Å². The molecule has 196 valence electrons. The van der Waals surface area contributed by atoms with Gasteiger partial charge in [0.25, 0.3) is 0 Å². The Hall–Kier alpha value is -5.46. The summed E-state index contributed by atoms with van der Waals surface area (Å²) in [7, 11) is 0. The van der Waals surface area contributed by atoms with Gasteiger partial charge < -0.3 is 0 Å². The topological polar surface area (TPSA) is 0 Å². The minimum Gasteiger partial charge on any atom is -0.0622 e. The fourth-order valence-electron chi connectivity index (χ4n) is 4.72. The number of fused-ring (bicyclic) bond motifs is 3. The first-order valence-electron chi connectivity index (χ1n) is 26.2. The maximum atomic E-state index is 9.99. The number of hydrogen-bond acceptors (Lipinski definition) is 0. The summed E-state index contributed by atoms with van der Waals surface area (Å²) in [5.74, 6) is 0. The molecule has 0 radical (unpaired) electrons. The second-order valence-corrected chi connectivity index (χ2v) is 8.75. The van der Waals surface area contributed by atoms with E-state index in [1.165, 1.54) is 0 Å². The Morgan fingerprint density at radius 3 is 1.45 bits per heavy atom. The van der Waals surface area contributed by atoms with Crippen molar-refractivity contribution in [3.8, 4) is 44.5 Å². The first kappa shape index (κ1) is 9.02. The Morgan fingerprint density at radius 2 is 0.786 bits per heavy atom. The van der Waals surface area contributed by atoms with E-state index in [0.717, 1.165) is 0 Å². The van der Waals surface area contributed by atoms with Crippen LogP contribution in [0.3, 0.4) is 0 Å². The molecule has 0 bridgehead atoms. The quantitative estimate of drug-likeness (QED) is 0.188. The molecule has 0 spiro atoms. The van der Waals surface area contributed by atoms with E-state index in [-0.39, 0.29) is 0 Å². The standard InChI is InChI=1S/C42H28/c1-4-14-29(15-5-1)32-24-25-38-40(27-32)42(37-23-13-12-22-36(37)41(38)31-18-8-3-9-19-31)34-26-33-20-10-11-21-35(33)39(28-34)30-16-6-2-7-17-30/h1-28H/i1D,2D,3D,4D,5D,6D,7D,8D,9D,10D,11D,12D,13D,14D,15D,16D,17D,18D,19D,20D,21D,22D,23D,24D,25D,26D,27D,28D. The average Bonchev–Trinajstić information content (AvgIpc) is 3.32. The molecule has 0 amide bonds. The van der Waals surface area contributed by atoms with E-state index in [9.17, 15) is 9.60 Å². The van der Waals surface area contributed by atoms with Crippen LogP contribution < -0.4 is 0 Å². The third-order valence-corrected chi connectivity index (χ3v) is 6.44. The van der Waals surface area contributed by atoms with E-state index < -0.39 is 246 Å². The predicted molar refractivity (Wildman–Crippen MR) is 181 cm³/mol. The number of hydrogen-bond donors (Lipinski definition) is 0. The highest BCUT2D eigenvalue weighted by molar-refractivity contribution is 6.22. The summed E-state index contributed by atoms with van der Waals surface area (Å²) in [4.78, 5) is 0. The van der Waals surface area contributed by atoms with Gasteiger partial charge in [-0.3, -0.25) is 0 Å². The van der Waals surface area contributed by atoms with Crippen molar-refractivity contribution in [2.45, 2.75) is 0 Å². The van der Waals surface area contributed by atoms with Gasteiger partial charge in [0.2, 0.25) is 0 Å². The molecule has 8 rings (SSSR count). The van der Waals surface area contributed by atoms with Crippen molar-refractivity contribution >= 4 is 32.3 Å². The molecular formula is C42H28. The number of benzene rings is 8. The highest BCUT2D eigenvalue weighted by atomic mass is 14.2. The normalized spacial score (nSPS) is 20.7. The van der Waals surface area contributed by atoms with E-state index in [0.29, 0.717) is 0 Å². The molecule has 0 heterocycles. The van der Waals surface area contributed by atoms with Crippen molar-refractivity contribution in [1.82, 2.24) is 0 Å². The molecule has 0 saturated carbocycles. The van der Waals surface area contributed by atoms with Crippen molar-refractivity contribution < 1.29 is 38.4 Å². The van der Waals surface area contributed by atoms with E-state index >= 15 is 0 Å². The highest BCUT2D eigenvalue weighted by Gasteiger charge is 2.18. The molecule has 0 nitrogen and oxygen atoms in total. The Balaban J connectivity index is 1.86. The first-order chi connectivity index (χ1) is 32.5. The van der Waals surface area contributed by atoms with Crippen LogP contribution in [0.5, 0.6) is 0 Å². The van der Waals surface area contributed by atoms with Crippen LogP contribution in [0, 0.1) is 0 Å². The van der Waals surface area contributed by atoms with Crippen molar-refractivity contribution in [1.29, 1.82) is 0 Å². The van der Waals surface area contributed by atoms with Gasteiger partial charge in [0.1, 0.15) is 0 Å². The van der Waals surface area contributed by atoms with Crippen molar-refractivity contribution in [3.63, 3.8) is 0 Å². The molecule has 0 aromatic heterocycles. The van der Waals surface area contributed by atoms with Gasteiger partial charge in [0.15, 0.2) is 0 Å². The lowest BCUT2D eigenvalue weighted by molar-refractivity contribution is 1.62. The van der Waals surface area contributed by atoms with Gasteiger partial charge in [-0.25, -0.2) is 0 Å². The molecule has 0 heteroatoms. The van der Waals surface area contributed by atoms with E-state index in [1.807, 2.05) is 0 Å². The molecule has 0 aliphatic carbocycles. The van der Waals surface area contributed by atoms with Crippen LogP contribution in [0.15, 0.2) is 169 Å². The third-order valence-electron chi connectivity index (χ3n) is 6.44. The smallest absolute Gasteiger partial charge is 0.0622 e. The zero-order valence-electron chi connectivity index (χ0n) is 49.0. The van der Waals surface area contributed by atoms with Crippen LogP contribution in [-0.4, -0.2) is 0 Å². The summed E-state index contributed by atoms with van der Waals surface area (Å²) in [6, 6.07) is -28.3. The fourth-order valence-corrected chi connectivity index (χ4v) is 4.72. The summed E-state index contributed by atoms with van der Waals surface area (Å²) in [5, 5.41) is -4.88. The second-order valence-electron chi connectivity index (χ2n) is 8.75. The first-order valence-corrected chi connectivity index (χ1v) is 12.2. The van der Waals surface area contributed by atoms with Crippen LogP contribution in [0.4, 0.5) is 0 Å². The second kappa shape index (κ2) is 10.2. The van der Waals surface area contributed by atoms with Crippen molar-refractivity contribution in [3.05, 3.63) is 169 Å². The van der Waals surface area contributed by atoms with Crippen molar-refractivity contribution in [2.24, 2.45) is 0 Å². The minimum absolute atomic E-state index is 0.727. The molecule has 0 aliphatic rings. The van der Waals surface area contributed by atoms with Crippen LogP contribution in [-0.2, 0) is 0 Å². The Bertz CT molecular complexity index is 3710. The lowest BCUT2D eigenvalue weighted by Gasteiger charge is -2.20. The monoisotopic (exact) mass is 560 g/mol. The molecule has 0 atom stereocenters. The van der Waals surface area contributed by atoms with Crippen LogP contribution >= 0.6 is 0 Å². The minimum atomic E-state index is -1.13. The summed E-state index contributed by atoms with van der Waals surface area (Å²) in [6.07, 6.45) is 0. The lowest BCUT2D eigenvalue weighted by Crippen LogP contribution is -1.93. The summed E-state index contributed by atoms with van der Waals surface area (Å²) in [6.45, 7) is 0. The maximum absolute atomic E-state index is 9.99. The summed E-state index contributed by atoms with van der Waals surface area (Å²) in [5.41, 5.74) is -6.92. The molecule has 0 saturated heterocycles. The number of rotatable bonds is 4. The van der Waals surface area contributed by atoms with Gasteiger partial charge in [-0.05, 0) is 95.0 Å². The predicted octanol–water partition coefficient (Wildman–Crippen LogP) is 11.8. The Labute approximate surface area is 285 Å². The summed E-state index contributed by atoms with van der Waals surface area (Å²) >= 11 is 0. The van der Waals surface area contributed by atoms with Gasteiger partial charge >= 0.3 is 0 Å². The van der Waals surface area contributed by atoms with Gasteiger partial charge in [-0.2, -0.15) is 0 Å². The molecule has 0 fully saturated rings. The third kappa shape index (κ3) is 4.08. The lowest BCUT2D eigenvalue weighted by atomic mass is 9.83. The SMILES string of the molecule is [2H]c1c([2H])c([2H])c(-c2c([2H])c([2H])c3c(-c4c([2H])c([2H])c([2H])c([2H])c4[2H])c4c([2H])c([2H])c([2H])c([2H])c4c(-c4c([2H])c(-c5c([2H])c([2H])c([2H])c([2H])c5[2H])c5c([2H])c([2H])c([2H])c([2H])c5c4[2H])c3c2[2H])c([2H])c1[2H]. The molecule has 42 heavy (non-hydrogen) atoms. The molecule has 0 N–H and O–H groups in total. The zero-order valence-corrected chi connectivity index (χ0v) is 21.0. The molecule has 8 aromatic carbocycles. The van der Waals surface area contributed by atoms with Crippen molar-refractivity contribution in [2.75, 3.05) is 0 Å². The Kier molecular flexibility index (Phi) is 2.19. The van der Waals surface area contributed by atoms with Crippen LogP contribution in [0.2, 0.25) is 0 Å². The largest absolute Gasteiger partial charge is 0.0636 e. The molecule has 0 aliphatic heterocycles. The molecule has 0 unspecified atom stereocenters. The van der Waals surface area contributed by atoms with E-state index in [1.54, 1.807) is 0 Å². The molecule has 8 aromatic rings. The van der Waals surface area contributed by atoms with Crippen LogP contribution in [0.25, 0.3) is 76.8 Å². The maximum Gasteiger partial charge on any atom is 0.0636 e. The van der Waals surface area contributed by atoms with Crippen LogP contribution in [0.1, 0.15) is 38.4 Å². The van der Waals surface area contributed by atoms with E-state index in [2.05, 4.69) is 0 Å². The summed E-state index contributed by atoms with van der Waals surface area (Å²) < 4.78 is 250. The molecular weight excluding hydrogens is 504 g/mol. The zero-order chi connectivity index (χ0) is 52.2. The average molecular weight is 561 g/mol. The van der Waals surface area contributed by atoms with Gasteiger partial charge in [0, 0.05) is 0 Å². The highest BCUT2D eigenvalue weighted by Crippen LogP contribution is 2.46. The fraction of sp³-hybridized carbons (Fsp3) is 0. The van der Waals surface area contributed by atoms with E-state index in [4.69, 9.17) is 28.8 Å². The van der Waals surface area contributed by atoms with Gasteiger partial charge in [0.05, 0.1) is 38.4 Å². The Morgan fingerprint density at radius 1 is 0.286 bits per heavy atom.